The molecule has 0 aromatic carbocycles. The van der Waals surface area contributed by atoms with Crippen molar-refractivity contribution in [3.8, 4) is 0 Å². The summed E-state index contributed by atoms with van der Waals surface area (Å²) in [6.45, 7) is 3.74. The number of allylic oxidation sites excluding steroid dienone is 4. The summed E-state index contributed by atoms with van der Waals surface area (Å²) in [5.41, 5.74) is -2.69. The van der Waals surface area contributed by atoms with Gasteiger partial charge in [0.2, 0.25) is 5.78 Å². The van der Waals surface area contributed by atoms with E-state index in [9.17, 15) is 29.7 Å². The number of carbonyl (C=O) groups excluding carboxylic acids is 3. The van der Waals surface area contributed by atoms with Crippen LogP contribution >= 0.6 is 0 Å². The minimum Gasteiger partial charge on any atom is -0.393 e. The number of aldehydes is 1. The summed E-state index contributed by atoms with van der Waals surface area (Å²) in [7, 11) is 0. The Morgan fingerprint density at radius 1 is 1.30 bits per heavy atom. The summed E-state index contributed by atoms with van der Waals surface area (Å²) in [5.74, 6) is -1.45. The molecule has 0 unspecified atom stereocenters. The van der Waals surface area contributed by atoms with E-state index in [1.165, 1.54) is 0 Å². The third kappa shape index (κ3) is 2.15. The maximum atomic E-state index is 12.3. The fraction of sp³-hybridized carbons (Fsp3) is 0.667. The number of aliphatic hydroxyl groups is 3. The first-order valence-electron chi connectivity index (χ1n) is 9.62. The van der Waals surface area contributed by atoms with Crippen LogP contribution in [0.3, 0.4) is 0 Å². The van der Waals surface area contributed by atoms with Crippen molar-refractivity contribution in [2.45, 2.75) is 57.3 Å². The SMILES string of the molecule is C[C@]12C=CC(=O)C=C1CC[C@@H]1[C@H]2[C@@H](O)C[C@@]2(C)[C@@H]1C[C@H](O)[C@@]2(O)C(=O)C=O. The first-order valence-corrected chi connectivity index (χ1v) is 9.62. The zero-order valence-electron chi connectivity index (χ0n) is 15.6. The molecule has 0 saturated heterocycles. The van der Waals surface area contributed by atoms with E-state index in [1.54, 1.807) is 19.1 Å². The highest BCUT2D eigenvalue weighted by Crippen LogP contribution is 2.66. The molecule has 6 nitrogen and oxygen atoms in total. The summed E-state index contributed by atoms with van der Waals surface area (Å²) in [5, 5.41) is 32.8. The second-order valence-corrected chi connectivity index (χ2v) is 9.21. The molecule has 4 rings (SSSR count). The molecule has 0 radical (unpaired) electrons. The lowest BCUT2D eigenvalue weighted by Crippen LogP contribution is -2.63. The number of fused-ring (bicyclic) bond motifs is 5. The smallest absolute Gasteiger partial charge is 0.229 e. The third-order valence-electron chi connectivity index (χ3n) is 8.20. The van der Waals surface area contributed by atoms with Crippen LogP contribution in [0.25, 0.3) is 0 Å². The molecule has 4 aliphatic rings. The van der Waals surface area contributed by atoms with E-state index >= 15 is 0 Å². The van der Waals surface area contributed by atoms with Gasteiger partial charge >= 0.3 is 0 Å². The number of rotatable bonds is 2. The van der Waals surface area contributed by atoms with Gasteiger partial charge in [0.05, 0.1) is 12.2 Å². The first-order chi connectivity index (χ1) is 12.6. The molecule has 0 aromatic rings. The predicted octanol–water partition coefficient (Wildman–Crippen LogP) is 0.735. The highest BCUT2D eigenvalue weighted by molar-refractivity contribution is 6.29. The van der Waals surface area contributed by atoms with Gasteiger partial charge in [-0.05, 0) is 49.7 Å². The van der Waals surface area contributed by atoms with Crippen molar-refractivity contribution < 1.29 is 29.7 Å². The standard InChI is InChI=1S/C21H26O6/c1-19-6-5-12(23)7-11(19)3-4-13-14-8-16(25)21(27,17(26)10-22)20(14,2)9-15(24)18(13)19/h5-7,10,13-16,18,24-25,27H,3-4,8-9H2,1-2H3/t13-,14+,15-,16-,18-,19-,20-,21+/m0/s1. The van der Waals surface area contributed by atoms with Crippen LogP contribution in [0.15, 0.2) is 23.8 Å². The molecule has 0 bridgehead atoms. The molecule has 0 aliphatic heterocycles. The minimum atomic E-state index is -2.17. The van der Waals surface area contributed by atoms with Gasteiger partial charge in [0, 0.05) is 16.7 Å². The van der Waals surface area contributed by atoms with Crippen LogP contribution in [0, 0.1) is 28.6 Å². The Balaban J connectivity index is 1.79. The molecule has 6 heteroatoms. The van der Waals surface area contributed by atoms with Crippen LogP contribution in [0.4, 0.5) is 0 Å². The molecule has 27 heavy (non-hydrogen) atoms. The van der Waals surface area contributed by atoms with Crippen LogP contribution < -0.4 is 0 Å². The zero-order chi connectivity index (χ0) is 19.8. The molecule has 146 valence electrons. The van der Waals surface area contributed by atoms with Gasteiger partial charge < -0.3 is 15.3 Å². The van der Waals surface area contributed by atoms with Crippen molar-refractivity contribution >= 4 is 17.9 Å². The molecular weight excluding hydrogens is 348 g/mol. The minimum absolute atomic E-state index is 0.0260. The molecule has 4 aliphatic carbocycles. The van der Waals surface area contributed by atoms with Crippen molar-refractivity contribution in [3.05, 3.63) is 23.8 Å². The fourth-order valence-electron chi connectivity index (χ4n) is 6.87. The molecule has 0 aromatic heterocycles. The molecule has 8 atom stereocenters. The van der Waals surface area contributed by atoms with Gasteiger partial charge in [-0.2, -0.15) is 0 Å². The first kappa shape index (κ1) is 18.7. The molecule has 3 saturated carbocycles. The summed E-state index contributed by atoms with van der Waals surface area (Å²) >= 11 is 0. The zero-order valence-corrected chi connectivity index (χ0v) is 15.6. The van der Waals surface area contributed by atoms with E-state index in [2.05, 4.69) is 0 Å². The number of carbonyl (C=O) groups is 3. The van der Waals surface area contributed by atoms with E-state index < -0.39 is 34.4 Å². The summed E-state index contributed by atoms with van der Waals surface area (Å²) in [4.78, 5) is 35.3. The van der Waals surface area contributed by atoms with Crippen molar-refractivity contribution in [2.24, 2.45) is 28.6 Å². The average molecular weight is 374 g/mol. The number of hydrogen-bond donors (Lipinski definition) is 3. The highest BCUT2D eigenvalue weighted by Gasteiger charge is 2.71. The Labute approximate surface area is 158 Å². The van der Waals surface area contributed by atoms with Gasteiger partial charge in [-0.3, -0.25) is 14.4 Å². The van der Waals surface area contributed by atoms with Gasteiger partial charge in [-0.15, -0.1) is 0 Å². The molecular formula is C21H26O6. The Morgan fingerprint density at radius 3 is 2.67 bits per heavy atom. The van der Waals surface area contributed by atoms with E-state index in [4.69, 9.17) is 0 Å². The molecule has 3 fully saturated rings. The van der Waals surface area contributed by atoms with E-state index in [0.717, 1.165) is 5.57 Å². The van der Waals surface area contributed by atoms with E-state index in [1.807, 2.05) is 13.0 Å². The maximum Gasteiger partial charge on any atom is 0.229 e. The summed E-state index contributed by atoms with van der Waals surface area (Å²) in [6, 6.07) is 0. The summed E-state index contributed by atoms with van der Waals surface area (Å²) in [6.07, 6.45) is 4.76. The Bertz CT molecular complexity index is 784. The maximum absolute atomic E-state index is 12.3. The number of hydrogen-bond acceptors (Lipinski definition) is 6. The molecule has 0 spiro atoms. The Hall–Kier alpha value is -1.63. The lowest BCUT2D eigenvalue weighted by atomic mass is 9.46. The van der Waals surface area contributed by atoms with Crippen molar-refractivity contribution in [2.75, 3.05) is 0 Å². The van der Waals surface area contributed by atoms with Crippen LogP contribution in [0.2, 0.25) is 0 Å². The second-order valence-electron chi connectivity index (χ2n) is 9.21. The topological polar surface area (TPSA) is 112 Å². The molecule has 0 heterocycles. The van der Waals surface area contributed by atoms with Crippen LogP contribution in [0.5, 0.6) is 0 Å². The van der Waals surface area contributed by atoms with Crippen LogP contribution in [0.1, 0.15) is 39.5 Å². The van der Waals surface area contributed by atoms with Gasteiger partial charge in [-0.25, -0.2) is 0 Å². The Kier molecular flexibility index (Phi) is 3.94. The van der Waals surface area contributed by atoms with Crippen molar-refractivity contribution in [1.29, 1.82) is 0 Å². The van der Waals surface area contributed by atoms with Gasteiger partial charge in [0.15, 0.2) is 17.7 Å². The third-order valence-corrected chi connectivity index (χ3v) is 8.20. The van der Waals surface area contributed by atoms with Crippen LogP contribution in [-0.2, 0) is 14.4 Å². The number of ketones is 2. The fourth-order valence-corrected chi connectivity index (χ4v) is 6.87. The Morgan fingerprint density at radius 2 is 2.00 bits per heavy atom. The lowest BCUT2D eigenvalue weighted by Gasteiger charge is -2.59. The van der Waals surface area contributed by atoms with Gasteiger partial charge in [0.1, 0.15) is 0 Å². The van der Waals surface area contributed by atoms with Crippen LogP contribution in [-0.4, -0.2) is 51.0 Å². The number of aliphatic hydroxyl groups excluding tert-OH is 2. The largest absolute Gasteiger partial charge is 0.393 e. The van der Waals surface area contributed by atoms with E-state index in [-0.39, 0.29) is 42.7 Å². The monoisotopic (exact) mass is 374 g/mol. The number of Topliss-reactive ketones (excluding diaryl/α,β-unsaturated/α-hetero) is 1. The molecule has 3 N–H and O–H groups in total. The quantitative estimate of drug-likeness (QED) is 0.485. The van der Waals surface area contributed by atoms with Crippen molar-refractivity contribution in [1.82, 2.24) is 0 Å². The summed E-state index contributed by atoms with van der Waals surface area (Å²) < 4.78 is 0. The predicted molar refractivity (Wildman–Crippen MR) is 95.4 cm³/mol. The average Bonchev–Trinajstić information content (AvgIpc) is 2.82. The van der Waals surface area contributed by atoms with E-state index in [0.29, 0.717) is 12.8 Å². The normalized spacial score (nSPS) is 51.1. The van der Waals surface area contributed by atoms with Gasteiger partial charge in [-0.1, -0.05) is 25.5 Å². The van der Waals surface area contributed by atoms with Crippen molar-refractivity contribution in [3.63, 3.8) is 0 Å². The van der Waals surface area contributed by atoms with Gasteiger partial charge in [0.25, 0.3) is 0 Å². The molecule has 0 amide bonds. The highest BCUT2D eigenvalue weighted by atomic mass is 16.4. The lowest BCUT2D eigenvalue weighted by molar-refractivity contribution is -0.187. The second kappa shape index (κ2) is 5.69.